The standard InChI is InChI=1S/C15H21NO4/c1-18-9-10-19-12-15(17)16-8-7-14(11-16)20-13-5-3-2-4-6-13/h2-6,14H,7-12H2,1H3. The van der Waals surface area contributed by atoms with Crippen molar-refractivity contribution in [2.45, 2.75) is 12.5 Å². The summed E-state index contributed by atoms with van der Waals surface area (Å²) in [5.41, 5.74) is 0. The molecule has 0 aromatic heterocycles. The molecule has 0 saturated carbocycles. The smallest absolute Gasteiger partial charge is 0.248 e. The first-order chi connectivity index (χ1) is 9.79. The van der Waals surface area contributed by atoms with E-state index in [0.717, 1.165) is 18.7 Å². The Hall–Kier alpha value is -1.59. The molecular formula is C15H21NO4. The van der Waals surface area contributed by atoms with Gasteiger partial charge in [0.2, 0.25) is 5.91 Å². The molecule has 1 heterocycles. The lowest BCUT2D eigenvalue weighted by Gasteiger charge is -2.17. The maximum atomic E-state index is 11.9. The van der Waals surface area contributed by atoms with E-state index in [1.807, 2.05) is 30.3 Å². The molecule has 1 amide bonds. The fourth-order valence-corrected chi connectivity index (χ4v) is 2.14. The van der Waals surface area contributed by atoms with E-state index in [9.17, 15) is 4.79 Å². The summed E-state index contributed by atoms with van der Waals surface area (Å²) in [6.45, 7) is 2.42. The molecule has 0 spiro atoms. The number of benzene rings is 1. The highest BCUT2D eigenvalue weighted by atomic mass is 16.5. The van der Waals surface area contributed by atoms with Crippen LogP contribution in [0.1, 0.15) is 6.42 Å². The van der Waals surface area contributed by atoms with E-state index < -0.39 is 0 Å². The Morgan fingerprint density at radius 1 is 1.30 bits per heavy atom. The number of ether oxygens (including phenoxy) is 3. The first-order valence-corrected chi connectivity index (χ1v) is 6.86. The second kappa shape index (κ2) is 7.87. The zero-order valence-electron chi connectivity index (χ0n) is 11.8. The van der Waals surface area contributed by atoms with Crippen LogP contribution in [0.15, 0.2) is 30.3 Å². The fraction of sp³-hybridized carbons (Fsp3) is 0.533. The van der Waals surface area contributed by atoms with Crippen LogP contribution in [0.2, 0.25) is 0 Å². The fourth-order valence-electron chi connectivity index (χ4n) is 2.14. The molecule has 1 unspecified atom stereocenters. The highest BCUT2D eigenvalue weighted by Gasteiger charge is 2.27. The number of nitrogens with zero attached hydrogens (tertiary/aromatic N) is 1. The summed E-state index contributed by atoms with van der Waals surface area (Å²) in [4.78, 5) is 13.7. The molecule has 0 bridgehead atoms. The van der Waals surface area contributed by atoms with E-state index in [0.29, 0.717) is 19.8 Å². The van der Waals surface area contributed by atoms with E-state index >= 15 is 0 Å². The van der Waals surface area contributed by atoms with E-state index in [2.05, 4.69) is 0 Å². The average molecular weight is 279 g/mol. The molecule has 1 aromatic rings. The van der Waals surface area contributed by atoms with Crippen molar-refractivity contribution in [1.82, 2.24) is 4.90 Å². The van der Waals surface area contributed by atoms with E-state index in [-0.39, 0.29) is 18.6 Å². The molecule has 1 aromatic carbocycles. The molecule has 0 aliphatic carbocycles. The number of likely N-dealkylation sites (tertiary alicyclic amines) is 1. The minimum atomic E-state index is 0.0141. The number of para-hydroxylation sites is 1. The molecule has 0 radical (unpaired) electrons. The molecule has 20 heavy (non-hydrogen) atoms. The van der Waals surface area contributed by atoms with Crippen molar-refractivity contribution in [3.63, 3.8) is 0 Å². The molecule has 1 fully saturated rings. The summed E-state index contributed by atoms with van der Waals surface area (Å²) < 4.78 is 16.0. The van der Waals surface area contributed by atoms with Gasteiger partial charge in [-0.15, -0.1) is 0 Å². The summed E-state index contributed by atoms with van der Waals surface area (Å²) >= 11 is 0. The summed E-state index contributed by atoms with van der Waals surface area (Å²) in [7, 11) is 1.61. The summed E-state index contributed by atoms with van der Waals surface area (Å²) in [5.74, 6) is 0.864. The molecule has 2 rings (SSSR count). The highest BCUT2D eigenvalue weighted by Crippen LogP contribution is 2.17. The van der Waals surface area contributed by atoms with Gasteiger partial charge < -0.3 is 19.1 Å². The van der Waals surface area contributed by atoms with Crippen LogP contribution < -0.4 is 4.74 Å². The number of amides is 1. The molecule has 1 saturated heterocycles. The largest absolute Gasteiger partial charge is 0.489 e. The van der Waals surface area contributed by atoms with Crippen LogP contribution in [0.5, 0.6) is 5.75 Å². The lowest BCUT2D eigenvalue weighted by molar-refractivity contribution is -0.135. The van der Waals surface area contributed by atoms with Crippen molar-refractivity contribution in [2.24, 2.45) is 0 Å². The highest BCUT2D eigenvalue weighted by molar-refractivity contribution is 5.77. The van der Waals surface area contributed by atoms with Gasteiger partial charge in [-0.3, -0.25) is 4.79 Å². The number of rotatable bonds is 7. The first kappa shape index (κ1) is 14.8. The minimum absolute atomic E-state index is 0.0141. The molecule has 1 aliphatic heterocycles. The molecular weight excluding hydrogens is 258 g/mol. The monoisotopic (exact) mass is 279 g/mol. The second-order valence-corrected chi connectivity index (χ2v) is 4.73. The number of methoxy groups -OCH3 is 1. The molecule has 1 atom stereocenters. The van der Waals surface area contributed by atoms with Gasteiger partial charge in [0.1, 0.15) is 18.5 Å². The molecule has 0 N–H and O–H groups in total. The molecule has 110 valence electrons. The molecule has 5 nitrogen and oxygen atoms in total. The van der Waals surface area contributed by atoms with Crippen molar-refractivity contribution in [3.8, 4) is 5.75 Å². The second-order valence-electron chi connectivity index (χ2n) is 4.73. The predicted octanol–water partition coefficient (Wildman–Crippen LogP) is 1.33. The van der Waals surface area contributed by atoms with Gasteiger partial charge in [-0.25, -0.2) is 0 Å². The third kappa shape index (κ3) is 4.51. The zero-order valence-corrected chi connectivity index (χ0v) is 11.8. The van der Waals surface area contributed by atoms with Gasteiger partial charge in [-0.1, -0.05) is 18.2 Å². The quantitative estimate of drug-likeness (QED) is 0.707. The van der Waals surface area contributed by atoms with Crippen LogP contribution in [0.25, 0.3) is 0 Å². The predicted molar refractivity (Wildman–Crippen MR) is 74.8 cm³/mol. The number of hydrogen-bond acceptors (Lipinski definition) is 4. The maximum absolute atomic E-state index is 11.9. The third-order valence-electron chi connectivity index (χ3n) is 3.20. The van der Waals surface area contributed by atoms with Crippen LogP contribution in [0, 0.1) is 0 Å². The zero-order chi connectivity index (χ0) is 14.2. The van der Waals surface area contributed by atoms with E-state index in [1.165, 1.54) is 0 Å². The SMILES string of the molecule is COCCOCC(=O)N1CCC(Oc2ccccc2)C1. The summed E-state index contributed by atoms with van der Waals surface area (Å²) in [5, 5.41) is 0. The van der Waals surface area contributed by atoms with E-state index in [4.69, 9.17) is 14.2 Å². The van der Waals surface area contributed by atoms with Gasteiger partial charge in [0.05, 0.1) is 19.8 Å². The van der Waals surface area contributed by atoms with Gasteiger partial charge in [0.15, 0.2) is 0 Å². The van der Waals surface area contributed by atoms with Gasteiger partial charge in [0.25, 0.3) is 0 Å². The van der Waals surface area contributed by atoms with Crippen molar-refractivity contribution >= 4 is 5.91 Å². The van der Waals surface area contributed by atoms with Gasteiger partial charge in [0, 0.05) is 20.1 Å². The summed E-state index contributed by atoms with van der Waals surface area (Å²) in [6.07, 6.45) is 0.930. The lowest BCUT2D eigenvalue weighted by Crippen LogP contribution is -2.34. The summed E-state index contributed by atoms with van der Waals surface area (Å²) in [6, 6.07) is 9.69. The van der Waals surface area contributed by atoms with Crippen LogP contribution in [0.3, 0.4) is 0 Å². The van der Waals surface area contributed by atoms with Crippen LogP contribution in [-0.4, -0.2) is 56.9 Å². The topological polar surface area (TPSA) is 48.0 Å². The van der Waals surface area contributed by atoms with Gasteiger partial charge in [-0.05, 0) is 12.1 Å². The maximum Gasteiger partial charge on any atom is 0.248 e. The molecule has 1 aliphatic rings. The van der Waals surface area contributed by atoms with Crippen molar-refractivity contribution in [2.75, 3.05) is 40.0 Å². The van der Waals surface area contributed by atoms with Crippen molar-refractivity contribution in [1.29, 1.82) is 0 Å². The average Bonchev–Trinajstić information content (AvgIpc) is 2.93. The van der Waals surface area contributed by atoms with Crippen LogP contribution >= 0.6 is 0 Å². The van der Waals surface area contributed by atoms with Crippen LogP contribution in [-0.2, 0) is 14.3 Å². The van der Waals surface area contributed by atoms with Gasteiger partial charge >= 0.3 is 0 Å². The normalized spacial score (nSPS) is 18.2. The number of hydrogen-bond donors (Lipinski definition) is 0. The Labute approximate surface area is 119 Å². The Morgan fingerprint density at radius 2 is 2.10 bits per heavy atom. The lowest BCUT2D eigenvalue weighted by atomic mass is 10.3. The number of carbonyl (C=O) groups is 1. The minimum Gasteiger partial charge on any atom is -0.489 e. The Bertz CT molecular complexity index is 410. The Balaban J connectivity index is 1.70. The Kier molecular flexibility index (Phi) is 5.83. The Morgan fingerprint density at radius 3 is 2.85 bits per heavy atom. The number of carbonyl (C=O) groups excluding carboxylic acids is 1. The first-order valence-electron chi connectivity index (χ1n) is 6.86. The molecule has 5 heteroatoms. The van der Waals surface area contributed by atoms with Crippen LogP contribution in [0.4, 0.5) is 0 Å². The third-order valence-corrected chi connectivity index (χ3v) is 3.20. The van der Waals surface area contributed by atoms with E-state index in [1.54, 1.807) is 12.0 Å². The van der Waals surface area contributed by atoms with Gasteiger partial charge in [-0.2, -0.15) is 0 Å². The van der Waals surface area contributed by atoms with Crippen molar-refractivity contribution in [3.05, 3.63) is 30.3 Å². The van der Waals surface area contributed by atoms with Crippen molar-refractivity contribution < 1.29 is 19.0 Å².